The van der Waals surface area contributed by atoms with Crippen molar-refractivity contribution in [2.24, 2.45) is 5.11 Å². The van der Waals surface area contributed by atoms with Gasteiger partial charge in [-0.05, 0) is 17.7 Å². The van der Waals surface area contributed by atoms with E-state index in [1.807, 2.05) is 0 Å². The third-order valence-electron chi connectivity index (χ3n) is 4.36. The van der Waals surface area contributed by atoms with Gasteiger partial charge < -0.3 is 9.47 Å². The van der Waals surface area contributed by atoms with Crippen molar-refractivity contribution in [2.45, 2.75) is 24.3 Å². The molecule has 1 aromatic rings. The van der Waals surface area contributed by atoms with Gasteiger partial charge in [0.1, 0.15) is 6.10 Å². The van der Waals surface area contributed by atoms with Crippen LogP contribution in [0.25, 0.3) is 10.4 Å². The minimum Gasteiger partial charge on any atom is -0.373 e. The molecule has 2 unspecified atom stereocenters. The van der Waals surface area contributed by atoms with E-state index in [9.17, 15) is 9.59 Å². The fourth-order valence-corrected chi connectivity index (χ4v) is 3.35. The number of nitrogens with zero attached hydrogens (tertiary/aromatic N) is 4. The number of carbonyl (C=O) groups excluding carboxylic acids is 2. The first-order chi connectivity index (χ1) is 10.7. The third kappa shape index (κ3) is 1.69. The molecule has 3 aliphatic rings. The van der Waals surface area contributed by atoms with Crippen LogP contribution in [0.5, 0.6) is 0 Å². The molecule has 0 bridgehead atoms. The molecular weight excluding hydrogens is 288 g/mol. The monoisotopic (exact) mass is 300 g/mol. The minimum absolute atomic E-state index is 0.193. The molecule has 8 nitrogen and oxygen atoms in total. The molecule has 112 valence electrons. The highest BCUT2D eigenvalue weighted by molar-refractivity contribution is 6.21. The predicted molar refractivity (Wildman–Crippen MR) is 73.1 cm³/mol. The van der Waals surface area contributed by atoms with Gasteiger partial charge >= 0.3 is 0 Å². The predicted octanol–water partition coefficient (Wildman–Crippen LogP) is 1.13. The Labute approximate surface area is 125 Å². The minimum atomic E-state index is -0.490. The van der Waals surface area contributed by atoms with Gasteiger partial charge in [0.05, 0.1) is 42.5 Å². The van der Waals surface area contributed by atoms with Crippen molar-refractivity contribution in [3.8, 4) is 0 Å². The van der Waals surface area contributed by atoms with Gasteiger partial charge in [-0.25, -0.2) is 0 Å². The summed E-state index contributed by atoms with van der Waals surface area (Å²) in [5.74, 6) is -0.656. The molecule has 0 saturated carbocycles. The Morgan fingerprint density at radius 3 is 2.36 bits per heavy atom. The van der Waals surface area contributed by atoms with E-state index in [4.69, 9.17) is 15.0 Å². The number of benzene rings is 1. The molecule has 1 aromatic carbocycles. The molecule has 3 heterocycles. The van der Waals surface area contributed by atoms with Crippen molar-refractivity contribution in [1.29, 1.82) is 0 Å². The summed E-state index contributed by atoms with van der Waals surface area (Å²) >= 11 is 0. The Morgan fingerprint density at radius 2 is 1.73 bits per heavy atom. The fourth-order valence-electron chi connectivity index (χ4n) is 3.35. The van der Waals surface area contributed by atoms with Crippen LogP contribution in [0.1, 0.15) is 20.7 Å². The highest BCUT2D eigenvalue weighted by Crippen LogP contribution is 2.35. The Balaban J connectivity index is 1.64. The molecule has 0 aromatic heterocycles. The van der Waals surface area contributed by atoms with Gasteiger partial charge in [0.2, 0.25) is 0 Å². The number of hydrogen-bond donors (Lipinski definition) is 0. The lowest BCUT2D eigenvalue weighted by molar-refractivity contribution is 0.0315. The quantitative estimate of drug-likeness (QED) is 0.353. The molecule has 0 spiro atoms. The summed E-state index contributed by atoms with van der Waals surface area (Å²) in [5, 5.41) is 3.65. The molecule has 8 heteroatoms. The van der Waals surface area contributed by atoms with Crippen molar-refractivity contribution < 1.29 is 19.1 Å². The highest BCUT2D eigenvalue weighted by Gasteiger charge is 2.53. The summed E-state index contributed by atoms with van der Waals surface area (Å²) in [7, 11) is 0. The van der Waals surface area contributed by atoms with Gasteiger partial charge in [-0.15, -0.1) is 0 Å². The summed E-state index contributed by atoms with van der Waals surface area (Å²) in [5.41, 5.74) is 9.36. The van der Waals surface area contributed by atoms with E-state index in [-0.39, 0.29) is 25.0 Å². The number of carbonyl (C=O) groups is 2. The van der Waals surface area contributed by atoms with Crippen LogP contribution >= 0.6 is 0 Å². The second kappa shape index (κ2) is 4.81. The lowest BCUT2D eigenvalue weighted by Gasteiger charge is -2.24. The molecule has 0 aliphatic carbocycles. The number of azide groups is 1. The summed E-state index contributed by atoms with van der Waals surface area (Å²) in [6.07, 6.45) is -0.858. The van der Waals surface area contributed by atoms with Crippen LogP contribution in [0, 0.1) is 0 Å². The number of rotatable bonds is 2. The number of imide groups is 1. The summed E-state index contributed by atoms with van der Waals surface area (Å²) in [4.78, 5) is 29.0. The molecule has 2 fully saturated rings. The average molecular weight is 300 g/mol. The second-order valence-corrected chi connectivity index (χ2v) is 5.46. The Morgan fingerprint density at radius 1 is 1.09 bits per heavy atom. The zero-order valence-corrected chi connectivity index (χ0v) is 11.5. The molecule has 4 rings (SSSR count). The zero-order valence-electron chi connectivity index (χ0n) is 11.5. The van der Waals surface area contributed by atoms with Crippen LogP contribution in [0.15, 0.2) is 29.4 Å². The topological polar surface area (TPSA) is 105 Å². The zero-order chi connectivity index (χ0) is 15.3. The van der Waals surface area contributed by atoms with E-state index >= 15 is 0 Å². The number of fused-ring (bicyclic) bond motifs is 2. The first-order valence-corrected chi connectivity index (χ1v) is 6.96. The molecule has 0 N–H and O–H groups in total. The first-order valence-electron chi connectivity index (χ1n) is 6.96. The van der Waals surface area contributed by atoms with Gasteiger partial charge in [0.15, 0.2) is 0 Å². The van der Waals surface area contributed by atoms with Crippen LogP contribution in [-0.4, -0.2) is 54.2 Å². The van der Waals surface area contributed by atoms with E-state index in [1.165, 1.54) is 4.90 Å². The first kappa shape index (κ1) is 13.3. The van der Waals surface area contributed by atoms with E-state index in [1.54, 1.807) is 24.3 Å². The largest absolute Gasteiger partial charge is 0.373 e. The third-order valence-corrected chi connectivity index (χ3v) is 4.36. The van der Waals surface area contributed by atoms with Crippen molar-refractivity contribution in [3.63, 3.8) is 0 Å². The van der Waals surface area contributed by atoms with Crippen LogP contribution in [0.4, 0.5) is 0 Å². The lowest BCUT2D eigenvalue weighted by Crippen LogP contribution is -2.47. The maximum absolute atomic E-state index is 12.5. The van der Waals surface area contributed by atoms with Crippen molar-refractivity contribution in [3.05, 3.63) is 45.8 Å². The van der Waals surface area contributed by atoms with Gasteiger partial charge in [0.25, 0.3) is 11.8 Å². The van der Waals surface area contributed by atoms with Gasteiger partial charge in [-0.1, -0.05) is 17.2 Å². The molecule has 4 atom stereocenters. The highest BCUT2D eigenvalue weighted by atomic mass is 16.6. The molecular formula is C14H12N4O4. The number of hydrogen-bond acceptors (Lipinski definition) is 5. The van der Waals surface area contributed by atoms with Crippen LogP contribution in [0.3, 0.4) is 0 Å². The Bertz CT molecular complexity index is 680. The van der Waals surface area contributed by atoms with Crippen LogP contribution in [-0.2, 0) is 9.47 Å². The van der Waals surface area contributed by atoms with Gasteiger partial charge in [-0.2, -0.15) is 0 Å². The molecule has 0 radical (unpaired) electrons. The Kier molecular flexibility index (Phi) is 2.90. The lowest BCUT2D eigenvalue weighted by atomic mass is 10.1. The SMILES string of the molecule is [N-]=[N+]=N[C@@H]1COC2C1OC[C@@H]2N1C(=O)c2ccccc2C1=O. The van der Waals surface area contributed by atoms with Gasteiger partial charge in [-0.3, -0.25) is 14.5 Å². The Hall–Kier alpha value is -2.41. The summed E-state index contributed by atoms with van der Waals surface area (Å²) < 4.78 is 11.3. The van der Waals surface area contributed by atoms with E-state index in [2.05, 4.69) is 10.0 Å². The van der Waals surface area contributed by atoms with Gasteiger partial charge in [0, 0.05) is 4.91 Å². The number of amides is 2. The van der Waals surface area contributed by atoms with Crippen LogP contribution < -0.4 is 0 Å². The van der Waals surface area contributed by atoms with E-state index in [0.717, 1.165) is 0 Å². The summed E-state index contributed by atoms with van der Waals surface area (Å²) in [6, 6.07) is 5.82. The maximum Gasteiger partial charge on any atom is 0.261 e. The van der Waals surface area contributed by atoms with E-state index < -0.39 is 24.3 Å². The average Bonchev–Trinajstić information content (AvgIpc) is 3.17. The molecule has 2 amide bonds. The summed E-state index contributed by atoms with van der Waals surface area (Å²) in [6.45, 7) is 0.428. The van der Waals surface area contributed by atoms with E-state index in [0.29, 0.717) is 11.1 Å². The van der Waals surface area contributed by atoms with Crippen molar-refractivity contribution in [2.75, 3.05) is 13.2 Å². The smallest absolute Gasteiger partial charge is 0.261 e. The molecule has 2 saturated heterocycles. The fraction of sp³-hybridized carbons (Fsp3) is 0.429. The maximum atomic E-state index is 12.5. The normalized spacial score (nSPS) is 32.8. The standard InChI is InChI=1S/C14H12N4O4/c15-17-16-9-5-21-12-10(6-22-11(9)12)18-13(19)7-3-1-2-4-8(7)14(18)20/h1-4,9-12H,5-6H2/t9-,10+,11?,12?/m1/s1. The molecule has 3 aliphatic heterocycles. The van der Waals surface area contributed by atoms with Crippen LogP contribution in [0.2, 0.25) is 0 Å². The van der Waals surface area contributed by atoms with Crippen molar-refractivity contribution >= 4 is 11.8 Å². The number of ether oxygens (including phenoxy) is 2. The van der Waals surface area contributed by atoms with Crippen molar-refractivity contribution in [1.82, 2.24) is 4.90 Å². The molecule has 22 heavy (non-hydrogen) atoms. The second-order valence-electron chi connectivity index (χ2n) is 5.46.